The normalized spacial score (nSPS) is 28.4. The van der Waals surface area contributed by atoms with Crippen LogP contribution in [0.25, 0.3) is 0 Å². The van der Waals surface area contributed by atoms with Gasteiger partial charge in [-0.05, 0) is 79.2 Å². The fraction of sp³-hybridized carbons (Fsp3) is 0.739. The number of anilines is 1. The third kappa shape index (κ3) is 4.11. The van der Waals surface area contributed by atoms with Crippen molar-refractivity contribution in [2.24, 2.45) is 11.8 Å². The van der Waals surface area contributed by atoms with Gasteiger partial charge in [0.15, 0.2) is 0 Å². The number of piperidine rings is 1. The molecule has 1 N–H and O–H groups in total. The molecule has 0 radical (unpaired) electrons. The average Bonchev–Trinajstić information content (AvgIpc) is 2.63. The van der Waals surface area contributed by atoms with Crippen LogP contribution in [0.5, 0.6) is 0 Å². The van der Waals surface area contributed by atoms with E-state index in [4.69, 9.17) is 0 Å². The molecule has 2 fully saturated rings. The second-order valence-corrected chi connectivity index (χ2v) is 11.7. The zero-order chi connectivity index (χ0) is 19.9. The first-order chi connectivity index (χ1) is 13.2. The number of benzene rings is 1. The Hall–Kier alpha value is -1.07. The van der Waals surface area contributed by atoms with Crippen LogP contribution in [0.2, 0.25) is 0 Å². The molecule has 0 aromatic heterocycles. The summed E-state index contributed by atoms with van der Waals surface area (Å²) in [5.74, 6) is 1.53. The smallest absolute Gasteiger partial charge is 0.229 e. The van der Waals surface area contributed by atoms with Crippen molar-refractivity contribution in [1.29, 1.82) is 0 Å². The highest BCUT2D eigenvalue weighted by atomic mass is 32.2. The summed E-state index contributed by atoms with van der Waals surface area (Å²) in [6, 6.07) is 6.82. The van der Waals surface area contributed by atoms with E-state index in [-0.39, 0.29) is 5.41 Å². The van der Waals surface area contributed by atoms with Gasteiger partial charge in [-0.1, -0.05) is 39.2 Å². The number of sulfonamides is 1. The van der Waals surface area contributed by atoms with Gasteiger partial charge in [-0.25, -0.2) is 8.42 Å². The lowest BCUT2D eigenvalue weighted by Gasteiger charge is -2.53. The fourth-order valence-electron chi connectivity index (χ4n) is 6.23. The van der Waals surface area contributed by atoms with Crippen LogP contribution in [0.15, 0.2) is 18.2 Å². The molecular weight excluding hydrogens is 368 g/mol. The minimum atomic E-state index is -3.25. The Morgan fingerprint density at radius 3 is 2.57 bits per heavy atom. The Morgan fingerprint density at radius 2 is 1.86 bits per heavy atom. The summed E-state index contributed by atoms with van der Waals surface area (Å²) >= 11 is 0. The Balaban J connectivity index is 1.60. The van der Waals surface area contributed by atoms with Crippen molar-refractivity contribution in [2.45, 2.75) is 76.7 Å². The van der Waals surface area contributed by atoms with E-state index in [1.807, 2.05) is 6.07 Å². The highest BCUT2D eigenvalue weighted by molar-refractivity contribution is 7.92. The van der Waals surface area contributed by atoms with E-state index in [9.17, 15) is 8.42 Å². The molecule has 5 heteroatoms. The van der Waals surface area contributed by atoms with Crippen LogP contribution < -0.4 is 4.72 Å². The number of rotatable bonds is 4. The van der Waals surface area contributed by atoms with Crippen LogP contribution in [-0.4, -0.2) is 38.7 Å². The molecule has 0 amide bonds. The summed E-state index contributed by atoms with van der Waals surface area (Å²) in [6.07, 6.45) is 12.0. The predicted octanol–water partition coefficient (Wildman–Crippen LogP) is 4.55. The first-order valence-corrected chi connectivity index (χ1v) is 13.0. The zero-order valence-electron chi connectivity index (χ0n) is 17.7. The quantitative estimate of drug-likeness (QED) is 0.801. The van der Waals surface area contributed by atoms with Crippen molar-refractivity contribution in [1.82, 2.24) is 4.90 Å². The molecule has 1 saturated carbocycles. The minimum Gasteiger partial charge on any atom is -0.299 e. The zero-order valence-corrected chi connectivity index (χ0v) is 18.5. The maximum absolute atomic E-state index is 11.7. The van der Waals surface area contributed by atoms with Crippen molar-refractivity contribution in [3.05, 3.63) is 29.3 Å². The molecule has 3 aliphatic rings. The lowest BCUT2D eigenvalue weighted by Crippen LogP contribution is -2.56. The Labute approximate surface area is 171 Å². The molecule has 0 spiro atoms. The summed E-state index contributed by atoms with van der Waals surface area (Å²) in [5.41, 5.74) is 3.50. The van der Waals surface area contributed by atoms with Gasteiger partial charge in [-0.15, -0.1) is 0 Å². The van der Waals surface area contributed by atoms with E-state index < -0.39 is 10.0 Å². The lowest BCUT2D eigenvalue weighted by atomic mass is 9.60. The molecule has 2 unspecified atom stereocenters. The molecule has 1 aromatic rings. The standard InChI is InChI=1S/C23H36N2O2S/c1-23(2)20-10-7-13-25(16-17-8-5-4-6-9-17)22(20)14-18-11-12-19(15-21(18)23)24-28(3,26)27/h11-12,15,17,20,22,24H,4-10,13-14,16H2,1-3H3. The number of likely N-dealkylation sites (tertiary alicyclic amines) is 1. The monoisotopic (exact) mass is 404 g/mol. The molecule has 4 rings (SSSR count). The molecule has 1 saturated heterocycles. The van der Waals surface area contributed by atoms with Crippen LogP contribution >= 0.6 is 0 Å². The van der Waals surface area contributed by atoms with Gasteiger partial charge in [0.05, 0.1) is 6.26 Å². The SMILES string of the molecule is CC1(C)c2cc(NS(C)(=O)=O)ccc2CC2C1CCCN2CC1CCCCC1. The molecule has 1 heterocycles. The summed E-state index contributed by atoms with van der Waals surface area (Å²) in [5, 5.41) is 0. The van der Waals surface area contributed by atoms with Crippen molar-refractivity contribution in [3.63, 3.8) is 0 Å². The molecule has 1 aromatic carbocycles. The van der Waals surface area contributed by atoms with Crippen LogP contribution in [0.3, 0.4) is 0 Å². The van der Waals surface area contributed by atoms with Gasteiger partial charge in [0, 0.05) is 18.3 Å². The van der Waals surface area contributed by atoms with Gasteiger partial charge in [0.2, 0.25) is 10.0 Å². The number of hydrogen-bond donors (Lipinski definition) is 1. The minimum absolute atomic E-state index is 0.0681. The fourth-order valence-corrected chi connectivity index (χ4v) is 6.78. The Morgan fingerprint density at radius 1 is 1.11 bits per heavy atom. The molecule has 1 aliphatic heterocycles. The van der Waals surface area contributed by atoms with Crippen molar-refractivity contribution in [3.8, 4) is 0 Å². The molecule has 0 bridgehead atoms. The summed E-state index contributed by atoms with van der Waals surface area (Å²) in [6.45, 7) is 7.27. The molecular formula is C23H36N2O2S. The average molecular weight is 405 g/mol. The maximum Gasteiger partial charge on any atom is 0.229 e. The Kier molecular flexibility index (Phi) is 5.51. The van der Waals surface area contributed by atoms with Crippen LogP contribution in [0.4, 0.5) is 5.69 Å². The first-order valence-electron chi connectivity index (χ1n) is 11.1. The van der Waals surface area contributed by atoms with E-state index >= 15 is 0 Å². The van der Waals surface area contributed by atoms with E-state index in [1.54, 1.807) is 0 Å². The molecule has 4 nitrogen and oxygen atoms in total. The van der Waals surface area contributed by atoms with Crippen LogP contribution in [0.1, 0.15) is 69.9 Å². The van der Waals surface area contributed by atoms with Gasteiger partial charge < -0.3 is 0 Å². The van der Waals surface area contributed by atoms with Gasteiger partial charge >= 0.3 is 0 Å². The van der Waals surface area contributed by atoms with Gasteiger partial charge in [0.1, 0.15) is 0 Å². The second-order valence-electron chi connectivity index (χ2n) is 9.99. The molecule has 156 valence electrons. The third-order valence-electron chi connectivity index (χ3n) is 7.57. The van der Waals surface area contributed by atoms with Crippen molar-refractivity contribution in [2.75, 3.05) is 24.1 Å². The van der Waals surface area contributed by atoms with Crippen LogP contribution in [-0.2, 0) is 21.9 Å². The van der Waals surface area contributed by atoms with E-state index in [2.05, 4.69) is 35.6 Å². The van der Waals surface area contributed by atoms with Gasteiger partial charge in [-0.3, -0.25) is 9.62 Å². The van der Waals surface area contributed by atoms with E-state index in [1.165, 1.54) is 75.4 Å². The summed E-state index contributed by atoms with van der Waals surface area (Å²) in [4.78, 5) is 2.82. The van der Waals surface area contributed by atoms with Gasteiger partial charge in [-0.2, -0.15) is 0 Å². The molecule has 2 atom stereocenters. The summed E-state index contributed by atoms with van der Waals surface area (Å²) < 4.78 is 26.0. The number of fused-ring (bicyclic) bond motifs is 2. The summed E-state index contributed by atoms with van der Waals surface area (Å²) in [7, 11) is -3.25. The maximum atomic E-state index is 11.7. The van der Waals surface area contributed by atoms with Gasteiger partial charge in [0.25, 0.3) is 0 Å². The topological polar surface area (TPSA) is 49.4 Å². The number of hydrogen-bond acceptors (Lipinski definition) is 3. The Bertz CT molecular complexity index is 812. The highest BCUT2D eigenvalue weighted by Gasteiger charge is 2.46. The highest BCUT2D eigenvalue weighted by Crippen LogP contribution is 2.48. The number of nitrogens with zero attached hydrogens (tertiary/aromatic N) is 1. The number of nitrogens with one attached hydrogen (secondary N) is 1. The first kappa shape index (κ1) is 20.2. The van der Waals surface area contributed by atoms with Crippen molar-refractivity contribution >= 4 is 15.7 Å². The van der Waals surface area contributed by atoms with Crippen LogP contribution in [0, 0.1) is 11.8 Å². The largest absolute Gasteiger partial charge is 0.299 e. The molecule has 2 aliphatic carbocycles. The predicted molar refractivity (Wildman–Crippen MR) is 116 cm³/mol. The lowest BCUT2D eigenvalue weighted by molar-refractivity contribution is 0.0289. The second kappa shape index (κ2) is 7.64. The van der Waals surface area contributed by atoms with E-state index in [0.29, 0.717) is 17.6 Å². The molecule has 28 heavy (non-hydrogen) atoms. The van der Waals surface area contributed by atoms with Crippen molar-refractivity contribution < 1.29 is 8.42 Å². The van der Waals surface area contributed by atoms with E-state index in [0.717, 1.165) is 12.3 Å². The third-order valence-corrected chi connectivity index (χ3v) is 8.18.